The normalized spacial score (nSPS) is 11.7. The number of rotatable bonds is 6. The zero-order valence-electron chi connectivity index (χ0n) is 10.8. The second-order valence-electron chi connectivity index (χ2n) is 3.57. The van der Waals surface area contributed by atoms with E-state index in [1.54, 1.807) is 19.9 Å². The Labute approximate surface area is 111 Å². The molecule has 1 aromatic heterocycles. The van der Waals surface area contributed by atoms with Crippen LogP contribution in [0.3, 0.4) is 0 Å². The van der Waals surface area contributed by atoms with E-state index in [0.717, 1.165) is 5.52 Å². The van der Waals surface area contributed by atoms with Gasteiger partial charge in [-0.1, -0.05) is 12.1 Å². The highest BCUT2D eigenvalue weighted by molar-refractivity contribution is 7.48. The molecule has 0 unspecified atom stereocenters. The minimum absolute atomic E-state index is 0.115. The maximum absolute atomic E-state index is 12.2. The van der Waals surface area contributed by atoms with E-state index in [-0.39, 0.29) is 19.1 Å². The Hall–Kier alpha value is -1.49. The maximum Gasteiger partial charge on any atom is 0.531 e. The first-order valence-electron chi connectivity index (χ1n) is 5.97. The van der Waals surface area contributed by atoms with Crippen LogP contribution in [0.4, 0.5) is 0 Å². The third kappa shape index (κ3) is 3.50. The molecule has 0 aliphatic carbocycles. The minimum atomic E-state index is -3.62. The molecule has 1 heterocycles. The Bertz CT molecular complexity index is 595. The van der Waals surface area contributed by atoms with Gasteiger partial charge in [0.2, 0.25) is 5.88 Å². The molecule has 0 spiro atoms. The average Bonchev–Trinajstić information content (AvgIpc) is 2.39. The lowest BCUT2D eigenvalue weighted by Gasteiger charge is -2.16. The first-order chi connectivity index (χ1) is 9.17. The summed E-state index contributed by atoms with van der Waals surface area (Å²) in [5.41, 5.74) is 1.39. The van der Waals surface area contributed by atoms with Crippen LogP contribution in [-0.4, -0.2) is 23.2 Å². The summed E-state index contributed by atoms with van der Waals surface area (Å²) in [4.78, 5) is 8.37. The van der Waals surface area contributed by atoms with Gasteiger partial charge < -0.3 is 4.52 Å². The van der Waals surface area contributed by atoms with Crippen LogP contribution in [0.15, 0.2) is 30.5 Å². The van der Waals surface area contributed by atoms with Crippen molar-refractivity contribution in [3.05, 3.63) is 30.5 Å². The fourth-order valence-corrected chi connectivity index (χ4v) is 2.63. The summed E-state index contributed by atoms with van der Waals surface area (Å²) < 4.78 is 27.5. The van der Waals surface area contributed by atoms with Crippen LogP contribution in [0.5, 0.6) is 5.88 Å². The lowest BCUT2D eigenvalue weighted by molar-refractivity contribution is 0.166. The SMILES string of the molecule is CCOP(=O)(OCC)Oc1cnc2ccccc2n1. The molecule has 0 amide bonds. The van der Waals surface area contributed by atoms with Crippen molar-refractivity contribution in [2.45, 2.75) is 13.8 Å². The average molecular weight is 282 g/mol. The summed E-state index contributed by atoms with van der Waals surface area (Å²) in [5.74, 6) is 0.115. The van der Waals surface area contributed by atoms with E-state index in [1.165, 1.54) is 6.20 Å². The number of phosphoric acid groups is 1. The van der Waals surface area contributed by atoms with Crippen LogP contribution in [0.25, 0.3) is 11.0 Å². The minimum Gasteiger partial charge on any atom is -0.384 e. The molecule has 0 N–H and O–H groups in total. The molecule has 19 heavy (non-hydrogen) atoms. The largest absolute Gasteiger partial charge is 0.531 e. The van der Waals surface area contributed by atoms with Gasteiger partial charge >= 0.3 is 7.82 Å². The van der Waals surface area contributed by atoms with E-state index in [2.05, 4.69) is 9.97 Å². The molecular formula is C12H15N2O4P. The molecule has 0 aliphatic heterocycles. The van der Waals surface area contributed by atoms with Gasteiger partial charge in [-0.15, -0.1) is 0 Å². The predicted molar refractivity (Wildman–Crippen MR) is 71.0 cm³/mol. The molecule has 0 radical (unpaired) electrons. The van der Waals surface area contributed by atoms with Crippen molar-refractivity contribution in [1.82, 2.24) is 9.97 Å². The van der Waals surface area contributed by atoms with Gasteiger partial charge in [0.05, 0.1) is 30.4 Å². The smallest absolute Gasteiger partial charge is 0.384 e. The molecule has 2 aromatic rings. The number of fused-ring (bicyclic) bond motifs is 1. The third-order valence-corrected chi connectivity index (χ3v) is 3.77. The standard InChI is InChI=1S/C12H15N2O4P/c1-3-16-19(15,17-4-2)18-12-9-13-10-7-5-6-8-11(10)14-12/h5-9H,3-4H2,1-2H3. The maximum atomic E-state index is 12.2. The molecule has 2 rings (SSSR count). The zero-order valence-corrected chi connectivity index (χ0v) is 11.7. The number of hydrogen-bond donors (Lipinski definition) is 0. The van der Waals surface area contributed by atoms with Gasteiger partial charge in [0.15, 0.2) is 0 Å². The first kappa shape index (κ1) is 13.9. The topological polar surface area (TPSA) is 70.5 Å². The summed E-state index contributed by atoms with van der Waals surface area (Å²) in [7, 11) is -3.62. The van der Waals surface area contributed by atoms with E-state index < -0.39 is 7.82 Å². The molecule has 0 saturated heterocycles. The van der Waals surface area contributed by atoms with E-state index in [1.807, 2.05) is 18.2 Å². The quantitative estimate of drug-likeness (QED) is 0.758. The first-order valence-corrected chi connectivity index (χ1v) is 7.43. The van der Waals surface area contributed by atoms with E-state index in [9.17, 15) is 4.57 Å². The zero-order chi connectivity index (χ0) is 13.7. The number of aromatic nitrogens is 2. The van der Waals surface area contributed by atoms with Crippen LogP contribution in [0.2, 0.25) is 0 Å². The Morgan fingerprint density at radius 2 is 1.74 bits per heavy atom. The molecule has 7 heteroatoms. The van der Waals surface area contributed by atoms with Crippen molar-refractivity contribution >= 4 is 18.9 Å². The van der Waals surface area contributed by atoms with Crippen LogP contribution in [0.1, 0.15) is 13.8 Å². The molecule has 6 nitrogen and oxygen atoms in total. The fourth-order valence-electron chi connectivity index (χ4n) is 1.50. The second-order valence-corrected chi connectivity index (χ2v) is 5.16. The van der Waals surface area contributed by atoms with Crippen molar-refractivity contribution < 1.29 is 18.1 Å². The monoisotopic (exact) mass is 282 g/mol. The van der Waals surface area contributed by atoms with Gasteiger partial charge in [0, 0.05) is 0 Å². The van der Waals surface area contributed by atoms with Crippen molar-refractivity contribution in [2.75, 3.05) is 13.2 Å². The Kier molecular flexibility index (Phi) is 4.47. The van der Waals surface area contributed by atoms with E-state index in [0.29, 0.717) is 5.52 Å². The van der Waals surface area contributed by atoms with Gasteiger partial charge in [-0.3, -0.25) is 9.05 Å². The van der Waals surface area contributed by atoms with E-state index >= 15 is 0 Å². The van der Waals surface area contributed by atoms with Gasteiger partial charge in [-0.05, 0) is 26.0 Å². The summed E-state index contributed by atoms with van der Waals surface area (Å²) in [5, 5.41) is 0. The van der Waals surface area contributed by atoms with E-state index in [4.69, 9.17) is 13.6 Å². The van der Waals surface area contributed by atoms with Gasteiger partial charge in [-0.2, -0.15) is 0 Å². The number of para-hydroxylation sites is 2. The summed E-state index contributed by atoms with van der Waals surface area (Å²) in [6, 6.07) is 7.33. The summed E-state index contributed by atoms with van der Waals surface area (Å²) >= 11 is 0. The van der Waals surface area contributed by atoms with Crippen molar-refractivity contribution in [3.8, 4) is 5.88 Å². The van der Waals surface area contributed by atoms with Crippen molar-refractivity contribution in [1.29, 1.82) is 0 Å². The summed E-state index contributed by atoms with van der Waals surface area (Å²) in [6.45, 7) is 3.86. The fraction of sp³-hybridized carbons (Fsp3) is 0.333. The number of hydrogen-bond acceptors (Lipinski definition) is 6. The molecule has 1 aromatic carbocycles. The highest BCUT2D eigenvalue weighted by Gasteiger charge is 2.28. The second kappa shape index (κ2) is 6.10. The van der Waals surface area contributed by atoms with Crippen molar-refractivity contribution in [3.63, 3.8) is 0 Å². The molecular weight excluding hydrogens is 267 g/mol. The highest BCUT2D eigenvalue weighted by Crippen LogP contribution is 2.48. The Morgan fingerprint density at radius 1 is 1.11 bits per heavy atom. The molecule has 0 atom stereocenters. The third-order valence-electron chi connectivity index (χ3n) is 2.21. The lowest BCUT2D eigenvalue weighted by Crippen LogP contribution is -2.03. The molecule has 0 bridgehead atoms. The van der Waals surface area contributed by atoms with Crippen LogP contribution < -0.4 is 4.52 Å². The van der Waals surface area contributed by atoms with Gasteiger partial charge in [0.1, 0.15) is 0 Å². The van der Waals surface area contributed by atoms with Crippen LogP contribution >= 0.6 is 7.82 Å². The Morgan fingerprint density at radius 3 is 2.37 bits per heavy atom. The van der Waals surface area contributed by atoms with Crippen LogP contribution in [-0.2, 0) is 13.6 Å². The predicted octanol–water partition coefficient (Wildman–Crippen LogP) is 3.19. The van der Waals surface area contributed by atoms with Gasteiger partial charge in [-0.25, -0.2) is 14.5 Å². The molecule has 0 aliphatic rings. The summed E-state index contributed by atoms with van der Waals surface area (Å²) in [6.07, 6.45) is 1.40. The highest BCUT2D eigenvalue weighted by atomic mass is 31.2. The molecule has 102 valence electrons. The molecule has 0 saturated carbocycles. The van der Waals surface area contributed by atoms with Crippen molar-refractivity contribution in [2.24, 2.45) is 0 Å². The lowest BCUT2D eigenvalue weighted by atomic mass is 10.3. The van der Waals surface area contributed by atoms with Crippen LogP contribution in [0, 0.1) is 0 Å². The Balaban J connectivity index is 2.26. The molecule has 0 fully saturated rings. The van der Waals surface area contributed by atoms with Gasteiger partial charge in [0.25, 0.3) is 0 Å². The number of benzene rings is 1. The number of nitrogens with zero attached hydrogens (tertiary/aromatic N) is 2. The number of phosphoric ester groups is 1.